The van der Waals surface area contributed by atoms with Gasteiger partial charge in [-0.25, -0.2) is 4.39 Å². The third kappa shape index (κ3) is 6.55. The summed E-state index contributed by atoms with van der Waals surface area (Å²) in [5.74, 6) is -1.29. The number of halogens is 4. The fourth-order valence-corrected chi connectivity index (χ4v) is 5.23. The quantitative estimate of drug-likeness (QED) is 0.141. The normalized spacial score (nSPS) is 11.3. The Kier molecular flexibility index (Phi) is 9.18. The fourth-order valence-electron chi connectivity index (χ4n) is 5.23. The van der Waals surface area contributed by atoms with Crippen molar-refractivity contribution in [3.63, 3.8) is 0 Å². The van der Waals surface area contributed by atoms with E-state index in [0.717, 1.165) is 12.1 Å². The van der Waals surface area contributed by atoms with Gasteiger partial charge in [0.1, 0.15) is 22.8 Å². The number of carbonyl (C=O) groups is 1. The van der Waals surface area contributed by atoms with Gasteiger partial charge in [-0.2, -0.15) is 13.2 Å². The molecule has 2 heterocycles. The molecule has 1 amide bonds. The Labute approximate surface area is 282 Å². The van der Waals surface area contributed by atoms with Crippen LogP contribution in [0.4, 0.5) is 23.2 Å². The molecule has 14 heteroatoms. The molecular weight excluding hydrogens is 662 g/mol. The second kappa shape index (κ2) is 13.7. The molecule has 0 saturated carbocycles. The third-order valence-corrected chi connectivity index (χ3v) is 7.61. The van der Waals surface area contributed by atoms with E-state index in [0.29, 0.717) is 56.3 Å². The number of alkyl halides is 3. The summed E-state index contributed by atoms with van der Waals surface area (Å²) in [5.41, 5.74) is -1.65. The van der Waals surface area contributed by atoms with Gasteiger partial charge in [0.15, 0.2) is 34.6 Å². The number of carbonyl (C=O) groups excluding carboxylic acids is 1. The van der Waals surface area contributed by atoms with E-state index in [-0.39, 0.29) is 11.4 Å². The van der Waals surface area contributed by atoms with Crippen LogP contribution >= 0.6 is 0 Å². The largest absolute Gasteiger partial charge is 0.493 e. The number of benzene rings is 4. The average molecular weight is 690 g/mol. The Morgan fingerprint density at radius 1 is 0.620 bits per heavy atom. The number of fused-ring (bicyclic) bond motifs is 2. The van der Waals surface area contributed by atoms with Crippen molar-refractivity contribution < 1.29 is 50.8 Å². The van der Waals surface area contributed by atoms with E-state index in [9.17, 15) is 18.0 Å². The summed E-state index contributed by atoms with van der Waals surface area (Å²) in [6.07, 6.45) is -2.34. The molecule has 0 aliphatic heterocycles. The first-order valence-electron chi connectivity index (χ1n) is 14.7. The average Bonchev–Trinajstić information content (AvgIpc) is 3.11. The maximum Gasteiger partial charge on any atom is 0.420 e. The molecule has 0 spiro atoms. The summed E-state index contributed by atoms with van der Waals surface area (Å²) >= 11 is 0. The minimum absolute atomic E-state index is 0.00103. The van der Waals surface area contributed by atoms with Gasteiger partial charge in [0, 0.05) is 41.0 Å². The number of hydrogen-bond donors (Lipinski definition) is 1. The molecule has 0 atom stereocenters. The van der Waals surface area contributed by atoms with Gasteiger partial charge in [-0.05, 0) is 60.7 Å². The number of rotatable bonds is 10. The van der Waals surface area contributed by atoms with Crippen LogP contribution in [-0.2, 0) is 6.18 Å². The van der Waals surface area contributed by atoms with E-state index < -0.39 is 34.8 Å². The van der Waals surface area contributed by atoms with Crippen molar-refractivity contribution in [1.29, 1.82) is 0 Å². The van der Waals surface area contributed by atoms with Crippen molar-refractivity contribution in [1.82, 2.24) is 9.97 Å². The molecule has 50 heavy (non-hydrogen) atoms. The van der Waals surface area contributed by atoms with Crippen LogP contribution in [-0.4, -0.2) is 44.3 Å². The number of aromatic nitrogens is 2. The first kappa shape index (κ1) is 33.6. The lowest BCUT2D eigenvalue weighted by atomic mass is 10.0. The molecule has 1 N–H and O–H groups in total. The van der Waals surface area contributed by atoms with Gasteiger partial charge >= 0.3 is 6.18 Å². The van der Waals surface area contributed by atoms with Crippen molar-refractivity contribution in [3.8, 4) is 46.0 Å². The van der Waals surface area contributed by atoms with Gasteiger partial charge in [0.25, 0.3) is 5.91 Å². The Morgan fingerprint density at radius 3 is 1.62 bits per heavy atom. The summed E-state index contributed by atoms with van der Waals surface area (Å²) in [7, 11) is 5.85. The molecule has 6 rings (SSSR count). The summed E-state index contributed by atoms with van der Waals surface area (Å²) in [6.45, 7) is 0. The number of pyridine rings is 2. The van der Waals surface area contributed by atoms with Crippen molar-refractivity contribution in [2.24, 2.45) is 0 Å². The van der Waals surface area contributed by atoms with Crippen LogP contribution in [0.15, 0.2) is 85.2 Å². The summed E-state index contributed by atoms with van der Waals surface area (Å²) in [6, 6.07) is 17.1. The molecule has 2 aromatic heterocycles. The van der Waals surface area contributed by atoms with Gasteiger partial charge in [-0.1, -0.05) is 0 Å². The van der Waals surface area contributed by atoms with Crippen LogP contribution in [0.5, 0.6) is 46.0 Å². The van der Waals surface area contributed by atoms with Crippen molar-refractivity contribution in [3.05, 3.63) is 102 Å². The molecule has 6 aromatic rings. The van der Waals surface area contributed by atoms with Crippen molar-refractivity contribution >= 4 is 33.4 Å². The molecule has 0 saturated heterocycles. The molecule has 0 aliphatic rings. The Bertz CT molecular complexity index is 2230. The molecule has 0 radical (unpaired) electrons. The summed E-state index contributed by atoms with van der Waals surface area (Å²) in [5, 5.41) is 3.34. The van der Waals surface area contributed by atoms with Gasteiger partial charge in [-0.15, -0.1) is 0 Å². The topological polar surface area (TPSA) is 110 Å². The Hall–Kier alpha value is -6.31. The number of amides is 1. The predicted octanol–water partition coefficient (Wildman–Crippen LogP) is 8.81. The van der Waals surface area contributed by atoms with Crippen molar-refractivity contribution in [2.75, 3.05) is 33.8 Å². The lowest BCUT2D eigenvalue weighted by Gasteiger charge is -2.17. The first-order chi connectivity index (χ1) is 24.0. The molecule has 0 fully saturated rings. The molecule has 10 nitrogen and oxygen atoms in total. The highest BCUT2D eigenvalue weighted by atomic mass is 19.4. The number of ether oxygens (including phenoxy) is 6. The number of anilines is 1. The lowest BCUT2D eigenvalue weighted by molar-refractivity contribution is -0.140. The number of hydrogen-bond acceptors (Lipinski definition) is 9. The maximum absolute atomic E-state index is 15.6. The molecule has 4 aromatic carbocycles. The smallest absolute Gasteiger partial charge is 0.420 e. The highest BCUT2D eigenvalue weighted by Gasteiger charge is 2.40. The van der Waals surface area contributed by atoms with E-state index in [1.807, 2.05) is 0 Å². The standard InChI is InChI=1S/C36H27F4N3O7/c1-45-29-15-22-24(17-31(29)47-3)41-13-11-26(22)49-20-7-5-19(6-8-20)43-35(44)21-9-10-28(34(37)33(21)36(38,39)40)50-27-12-14-42-25-18-32(48-4)30(46-2)16-23(25)27/h5-18H,1-4H3,(H,43,44). The first-order valence-corrected chi connectivity index (χ1v) is 14.7. The van der Waals surface area contributed by atoms with Gasteiger partial charge in [-0.3, -0.25) is 14.8 Å². The van der Waals surface area contributed by atoms with Crippen LogP contribution in [0.2, 0.25) is 0 Å². The lowest BCUT2D eigenvalue weighted by Crippen LogP contribution is -2.20. The zero-order chi connectivity index (χ0) is 35.6. The Balaban J connectivity index is 1.25. The second-order valence-corrected chi connectivity index (χ2v) is 10.5. The Morgan fingerprint density at radius 2 is 1.12 bits per heavy atom. The van der Waals surface area contributed by atoms with Crippen LogP contribution in [0, 0.1) is 5.82 Å². The van der Waals surface area contributed by atoms with Gasteiger partial charge in [0.2, 0.25) is 0 Å². The molecule has 0 unspecified atom stereocenters. The number of nitrogens with zero attached hydrogens (tertiary/aromatic N) is 2. The predicted molar refractivity (Wildman–Crippen MR) is 176 cm³/mol. The second-order valence-electron chi connectivity index (χ2n) is 10.5. The molecule has 256 valence electrons. The third-order valence-electron chi connectivity index (χ3n) is 7.61. The summed E-state index contributed by atoms with van der Waals surface area (Å²) < 4.78 is 91.4. The van der Waals surface area contributed by atoms with Gasteiger partial charge in [0.05, 0.1) is 45.0 Å². The molecule has 0 bridgehead atoms. The minimum Gasteiger partial charge on any atom is -0.493 e. The van der Waals surface area contributed by atoms with E-state index in [1.165, 1.54) is 71.0 Å². The van der Waals surface area contributed by atoms with Crippen LogP contribution in [0.3, 0.4) is 0 Å². The minimum atomic E-state index is -5.25. The fraction of sp³-hybridized carbons (Fsp3) is 0.139. The SMILES string of the molecule is COc1cc2nccc(Oc3ccc(NC(=O)c4ccc(Oc5ccnc6cc(OC)c(OC)cc56)c(F)c4C(F)(F)F)cc3)c2cc1OC. The van der Waals surface area contributed by atoms with Crippen LogP contribution in [0.1, 0.15) is 15.9 Å². The van der Waals surface area contributed by atoms with Crippen LogP contribution in [0.25, 0.3) is 21.8 Å². The summed E-state index contributed by atoms with van der Waals surface area (Å²) in [4.78, 5) is 21.7. The van der Waals surface area contributed by atoms with Gasteiger partial charge < -0.3 is 33.7 Å². The van der Waals surface area contributed by atoms with E-state index in [4.69, 9.17) is 28.4 Å². The van der Waals surface area contributed by atoms with E-state index in [1.54, 1.807) is 30.5 Å². The zero-order valence-electron chi connectivity index (χ0n) is 26.8. The van der Waals surface area contributed by atoms with Crippen LogP contribution < -0.4 is 33.7 Å². The highest BCUT2D eigenvalue weighted by molar-refractivity contribution is 6.05. The van der Waals surface area contributed by atoms with E-state index in [2.05, 4.69) is 15.3 Å². The molecule has 0 aliphatic carbocycles. The maximum atomic E-state index is 15.6. The number of methoxy groups -OCH3 is 4. The number of nitrogens with one attached hydrogen (secondary N) is 1. The molecular formula is C36H27F4N3O7. The van der Waals surface area contributed by atoms with E-state index >= 15 is 4.39 Å². The van der Waals surface area contributed by atoms with Crippen molar-refractivity contribution in [2.45, 2.75) is 6.18 Å². The monoisotopic (exact) mass is 689 g/mol. The zero-order valence-corrected chi connectivity index (χ0v) is 26.8. The highest BCUT2D eigenvalue weighted by Crippen LogP contribution is 2.42.